The Balaban J connectivity index is 1.11. The van der Waals surface area contributed by atoms with Crippen molar-refractivity contribution < 1.29 is 9.53 Å². The van der Waals surface area contributed by atoms with Crippen LogP contribution in [-0.2, 0) is 9.53 Å². The van der Waals surface area contributed by atoms with Gasteiger partial charge in [0.1, 0.15) is 6.10 Å². The molecule has 1 aliphatic carbocycles. The number of nitrogens with zero attached hydrogens (tertiary/aromatic N) is 4. The maximum Gasteiger partial charge on any atom is 0.251 e. The lowest BCUT2D eigenvalue weighted by atomic mass is 9.88. The van der Waals surface area contributed by atoms with Crippen LogP contribution in [0.25, 0.3) is 22.5 Å². The number of carbonyl (C=O) groups excluding carboxylic acids is 1. The highest BCUT2D eigenvalue weighted by Gasteiger charge is 2.55. The van der Waals surface area contributed by atoms with Gasteiger partial charge in [-0.25, -0.2) is 0 Å². The maximum absolute atomic E-state index is 12.7. The summed E-state index contributed by atoms with van der Waals surface area (Å²) < 4.78 is 5.61. The Morgan fingerprint density at radius 3 is 2.58 bits per heavy atom. The standard InChI is InChI=1S/C26H29N5O2/c1-17-15-20(24-27-29-30-28-24)8-9-21(17)18-4-6-19(7-5-18)22-16-26(22)10-12-31(13-11-26)25(32)23-3-2-14-33-23/h4-9,15,22-23H,2-3,10-14,16H2,1H3,(H,27,28,29,30)/t22-,23+/m0/s1. The van der Waals surface area contributed by atoms with E-state index in [1.54, 1.807) is 0 Å². The molecule has 1 saturated carbocycles. The number of ether oxygens (including phenoxy) is 1. The molecule has 3 aliphatic rings. The van der Waals surface area contributed by atoms with Gasteiger partial charge < -0.3 is 9.64 Å². The fraction of sp³-hybridized carbons (Fsp3) is 0.462. The van der Waals surface area contributed by atoms with Gasteiger partial charge in [-0.2, -0.15) is 5.21 Å². The van der Waals surface area contributed by atoms with E-state index in [0.717, 1.165) is 50.9 Å². The molecule has 0 bridgehead atoms. The van der Waals surface area contributed by atoms with Crippen LogP contribution in [0.15, 0.2) is 42.5 Å². The lowest BCUT2D eigenvalue weighted by molar-refractivity contribution is -0.142. The molecular formula is C26H29N5O2. The molecular weight excluding hydrogens is 414 g/mol. The number of rotatable bonds is 4. The van der Waals surface area contributed by atoms with E-state index in [4.69, 9.17) is 4.74 Å². The average molecular weight is 444 g/mol. The van der Waals surface area contributed by atoms with Gasteiger partial charge in [-0.1, -0.05) is 36.4 Å². The van der Waals surface area contributed by atoms with Crippen LogP contribution in [0.3, 0.4) is 0 Å². The summed E-state index contributed by atoms with van der Waals surface area (Å²) in [6.45, 7) is 4.60. The van der Waals surface area contributed by atoms with Gasteiger partial charge in [-0.3, -0.25) is 4.79 Å². The molecule has 7 heteroatoms. The minimum atomic E-state index is -0.189. The van der Waals surface area contributed by atoms with E-state index in [2.05, 4.69) is 63.9 Å². The Hall–Kier alpha value is -3.06. The molecule has 2 saturated heterocycles. The number of likely N-dealkylation sites (tertiary alicyclic amines) is 1. The smallest absolute Gasteiger partial charge is 0.251 e. The topological polar surface area (TPSA) is 84.0 Å². The SMILES string of the molecule is Cc1cc(-c2nn[nH]n2)ccc1-c1ccc([C@@H]2CC23CCN(C(=O)[C@H]2CCCO2)CC3)cc1. The number of amides is 1. The predicted octanol–water partition coefficient (Wildman–Crippen LogP) is 4.12. The van der Waals surface area contributed by atoms with E-state index in [1.165, 1.54) is 28.7 Å². The molecule has 2 aromatic carbocycles. The zero-order chi connectivity index (χ0) is 22.4. The van der Waals surface area contributed by atoms with E-state index >= 15 is 0 Å². The Morgan fingerprint density at radius 1 is 1.12 bits per heavy atom. The van der Waals surface area contributed by atoms with Gasteiger partial charge in [-0.15, -0.1) is 10.2 Å². The second-order valence-electron chi connectivity index (χ2n) is 9.83. The van der Waals surface area contributed by atoms with Crippen molar-refractivity contribution in [2.24, 2.45) is 5.41 Å². The summed E-state index contributed by atoms with van der Waals surface area (Å²) in [5.74, 6) is 1.44. The number of benzene rings is 2. The average Bonchev–Trinajstić information content (AvgIpc) is 3.28. The highest BCUT2D eigenvalue weighted by molar-refractivity contribution is 5.81. The second-order valence-corrected chi connectivity index (χ2v) is 9.83. The van der Waals surface area contributed by atoms with E-state index in [0.29, 0.717) is 17.2 Å². The Morgan fingerprint density at radius 2 is 1.91 bits per heavy atom. The van der Waals surface area contributed by atoms with Crippen LogP contribution in [0, 0.1) is 12.3 Å². The molecule has 6 rings (SSSR count). The first-order chi connectivity index (χ1) is 16.1. The van der Waals surface area contributed by atoms with E-state index in [9.17, 15) is 4.79 Å². The molecule has 1 N–H and O–H groups in total. The summed E-state index contributed by atoms with van der Waals surface area (Å²) in [4.78, 5) is 14.7. The number of hydrogen-bond donors (Lipinski definition) is 1. The molecule has 33 heavy (non-hydrogen) atoms. The van der Waals surface area contributed by atoms with Crippen molar-refractivity contribution in [1.29, 1.82) is 0 Å². The van der Waals surface area contributed by atoms with Gasteiger partial charge in [0.2, 0.25) is 5.82 Å². The molecule has 3 aromatic rings. The van der Waals surface area contributed by atoms with Gasteiger partial charge >= 0.3 is 0 Å². The maximum atomic E-state index is 12.7. The summed E-state index contributed by atoms with van der Waals surface area (Å²) in [5.41, 5.74) is 6.42. The third-order valence-electron chi connectivity index (χ3n) is 7.92. The van der Waals surface area contributed by atoms with Crippen LogP contribution in [0.4, 0.5) is 0 Å². The van der Waals surface area contributed by atoms with Crippen LogP contribution in [0.5, 0.6) is 0 Å². The first-order valence-corrected chi connectivity index (χ1v) is 12.0. The summed E-state index contributed by atoms with van der Waals surface area (Å²) in [7, 11) is 0. The predicted molar refractivity (Wildman–Crippen MR) is 124 cm³/mol. The Kier molecular flexibility index (Phi) is 5.02. The summed E-state index contributed by atoms with van der Waals surface area (Å²) in [5, 5.41) is 14.3. The molecule has 1 spiro atoms. The quantitative estimate of drug-likeness (QED) is 0.656. The van der Waals surface area contributed by atoms with Crippen LogP contribution < -0.4 is 0 Å². The highest BCUT2D eigenvalue weighted by atomic mass is 16.5. The number of piperidine rings is 1. The van der Waals surface area contributed by atoms with Gasteiger partial charge in [0, 0.05) is 25.3 Å². The molecule has 2 aliphatic heterocycles. The van der Waals surface area contributed by atoms with Gasteiger partial charge in [0.05, 0.1) is 0 Å². The van der Waals surface area contributed by atoms with Crippen LogP contribution in [-0.4, -0.2) is 57.2 Å². The number of hydrogen-bond acceptors (Lipinski definition) is 5. The fourth-order valence-electron chi connectivity index (χ4n) is 5.83. The molecule has 1 amide bonds. The largest absolute Gasteiger partial charge is 0.368 e. The van der Waals surface area contributed by atoms with Crippen molar-refractivity contribution in [3.05, 3.63) is 53.6 Å². The monoisotopic (exact) mass is 443 g/mol. The summed E-state index contributed by atoms with van der Waals surface area (Å²) in [6.07, 6.45) is 5.16. The minimum Gasteiger partial charge on any atom is -0.368 e. The minimum absolute atomic E-state index is 0.189. The number of aromatic amines is 1. The normalized spacial score (nSPS) is 23.7. The highest BCUT2D eigenvalue weighted by Crippen LogP contribution is 2.65. The Bertz CT molecular complexity index is 1140. The van der Waals surface area contributed by atoms with Crippen molar-refractivity contribution in [3.8, 4) is 22.5 Å². The molecule has 3 heterocycles. The third-order valence-corrected chi connectivity index (χ3v) is 7.92. The van der Waals surface area contributed by atoms with Crippen molar-refractivity contribution in [2.75, 3.05) is 19.7 Å². The van der Waals surface area contributed by atoms with Crippen molar-refractivity contribution in [3.63, 3.8) is 0 Å². The number of nitrogens with one attached hydrogen (secondary N) is 1. The van der Waals surface area contributed by atoms with Crippen molar-refractivity contribution in [1.82, 2.24) is 25.5 Å². The number of carbonyl (C=O) groups is 1. The summed E-state index contributed by atoms with van der Waals surface area (Å²) in [6, 6.07) is 15.4. The fourth-order valence-corrected chi connectivity index (χ4v) is 5.83. The van der Waals surface area contributed by atoms with E-state index in [-0.39, 0.29) is 12.0 Å². The van der Waals surface area contributed by atoms with Crippen LogP contribution >= 0.6 is 0 Å². The first-order valence-electron chi connectivity index (χ1n) is 12.0. The Labute approximate surface area is 193 Å². The summed E-state index contributed by atoms with van der Waals surface area (Å²) >= 11 is 0. The number of H-pyrrole nitrogens is 1. The molecule has 1 aromatic heterocycles. The first kappa shape index (κ1) is 20.5. The molecule has 2 atom stereocenters. The van der Waals surface area contributed by atoms with Gasteiger partial charge in [0.15, 0.2) is 0 Å². The molecule has 0 radical (unpaired) electrons. The molecule has 3 fully saturated rings. The van der Waals surface area contributed by atoms with Crippen LogP contribution in [0.1, 0.15) is 49.1 Å². The van der Waals surface area contributed by atoms with Gasteiger partial charge in [0.25, 0.3) is 5.91 Å². The molecule has 170 valence electrons. The molecule has 7 nitrogen and oxygen atoms in total. The van der Waals surface area contributed by atoms with Crippen molar-refractivity contribution in [2.45, 2.75) is 51.0 Å². The number of aryl methyl sites for hydroxylation is 1. The van der Waals surface area contributed by atoms with Crippen molar-refractivity contribution >= 4 is 5.91 Å². The van der Waals surface area contributed by atoms with Gasteiger partial charge in [-0.05, 0) is 83.9 Å². The number of tetrazole rings is 1. The lowest BCUT2D eigenvalue weighted by Crippen LogP contribution is -2.44. The van der Waals surface area contributed by atoms with E-state index < -0.39 is 0 Å². The van der Waals surface area contributed by atoms with Crippen LogP contribution in [0.2, 0.25) is 0 Å². The zero-order valence-electron chi connectivity index (χ0n) is 19.0. The van der Waals surface area contributed by atoms with E-state index in [1.807, 2.05) is 11.0 Å². The third kappa shape index (κ3) is 3.74. The number of aromatic nitrogens is 4. The second kappa shape index (κ2) is 8.06. The zero-order valence-corrected chi connectivity index (χ0v) is 19.0. The lowest BCUT2D eigenvalue weighted by Gasteiger charge is -2.34. The molecule has 0 unspecified atom stereocenters.